The van der Waals surface area contributed by atoms with E-state index in [0.29, 0.717) is 25.7 Å². The molecule has 7 heteroatoms. The molecule has 0 bridgehead atoms. The molecular formula is C24H34N4O3. The molecule has 0 aliphatic carbocycles. The first-order valence-electron chi connectivity index (χ1n) is 10.8. The quantitative estimate of drug-likeness (QED) is 0.346. The molecule has 2 aromatic carbocycles. The Morgan fingerprint density at radius 2 is 1.84 bits per heavy atom. The number of anilines is 1. The van der Waals surface area contributed by atoms with E-state index in [-0.39, 0.29) is 0 Å². The molecule has 1 saturated heterocycles. The first-order chi connectivity index (χ1) is 15.3. The van der Waals surface area contributed by atoms with E-state index in [1.807, 2.05) is 24.3 Å². The molecule has 0 saturated carbocycles. The molecule has 0 spiro atoms. The number of hydrogen-bond donors (Lipinski definition) is 2. The Bertz CT molecular complexity index is 805. The van der Waals surface area contributed by atoms with E-state index in [1.165, 1.54) is 11.1 Å². The van der Waals surface area contributed by atoms with Crippen LogP contribution in [0.1, 0.15) is 17.5 Å². The van der Waals surface area contributed by atoms with Crippen LogP contribution in [0.5, 0.6) is 5.75 Å². The number of hydrogen-bond acceptors (Lipinski definition) is 5. The molecule has 7 nitrogen and oxygen atoms in total. The minimum atomic E-state index is 0.631. The molecule has 0 unspecified atom stereocenters. The normalized spacial score (nSPS) is 15.0. The Labute approximate surface area is 185 Å². The van der Waals surface area contributed by atoms with E-state index in [0.717, 1.165) is 50.7 Å². The van der Waals surface area contributed by atoms with E-state index in [9.17, 15) is 0 Å². The minimum Gasteiger partial charge on any atom is -0.493 e. The molecule has 168 valence electrons. The molecule has 0 amide bonds. The maximum absolute atomic E-state index is 5.77. The summed E-state index contributed by atoms with van der Waals surface area (Å²) in [6.45, 7) is 6.67. The van der Waals surface area contributed by atoms with Gasteiger partial charge in [-0.3, -0.25) is 9.89 Å². The summed E-state index contributed by atoms with van der Waals surface area (Å²) in [5.41, 5.74) is 3.47. The molecule has 0 radical (unpaired) electrons. The SMILES string of the molecule is CN=C(NCc1ccc(CN2CCOCC2)cc1)Nc1cccc(OCCCOC)c1. The smallest absolute Gasteiger partial charge is 0.195 e. The molecule has 3 rings (SSSR count). The zero-order valence-corrected chi connectivity index (χ0v) is 18.6. The van der Waals surface area contributed by atoms with Crippen LogP contribution < -0.4 is 15.4 Å². The fraction of sp³-hybridized carbons (Fsp3) is 0.458. The van der Waals surface area contributed by atoms with Gasteiger partial charge in [-0.2, -0.15) is 0 Å². The van der Waals surface area contributed by atoms with Crippen LogP contribution in [0.3, 0.4) is 0 Å². The third-order valence-electron chi connectivity index (χ3n) is 5.07. The fourth-order valence-corrected chi connectivity index (χ4v) is 3.34. The summed E-state index contributed by atoms with van der Waals surface area (Å²) in [6, 6.07) is 16.6. The van der Waals surface area contributed by atoms with Crippen LogP contribution in [0.4, 0.5) is 5.69 Å². The summed E-state index contributed by atoms with van der Waals surface area (Å²) in [6.07, 6.45) is 0.864. The third kappa shape index (κ3) is 8.20. The highest BCUT2D eigenvalue weighted by Crippen LogP contribution is 2.17. The van der Waals surface area contributed by atoms with Gasteiger partial charge in [-0.15, -0.1) is 0 Å². The van der Waals surface area contributed by atoms with Gasteiger partial charge in [-0.25, -0.2) is 0 Å². The van der Waals surface area contributed by atoms with Crippen molar-refractivity contribution < 1.29 is 14.2 Å². The highest BCUT2D eigenvalue weighted by atomic mass is 16.5. The molecule has 1 aliphatic rings. The van der Waals surface area contributed by atoms with Crippen LogP contribution >= 0.6 is 0 Å². The van der Waals surface area contributed by atoms with E-state index in [2.05, 4.69) is 44.8 Å². The van der Waals surface area contributed by atoms with Crippen molar-refractivity contribution in [1.29, 1.82) is 0 Å². The van der Waals surface area contributed by atoms with Crippen molar-refractivity contribution in [1.82, 2.24) is 10.2 Å². The maximum Gasteiger partial charge on any atom is 0.195 e. The van der Waals surface area contributed by atoms with Crippen molar-refractivity contribution in [2.75, 3.05) is 59.0 Å². The molecule has 1 heterocycles. The molecular weight excluding hydrogens is 392 g/mol. The summed E-state index contributed by atoms with van der Waals surface area (Å²) in [7, 11) is 3.47. The molecule has 31 heavy (non-hydrogen) atoms. The fourth-order valence-electron chi connectivity index (χ4n) is 3.34. The average molecular weight is 427 g/mol. The predicted octanol–water partition coefficient (Wildman–Crippen LogP) is 3.12. The van der Waals surface area contributed by atoms with Crippen LogP contribution in [-0.4, -0.2) is 64.5 Å². The Morgan fingerprint density at radius 1 is 1.06 bits per heavy atom. The van der Waals surface area contributed by atoms with Crippen LogP contribution in [0.25, 0.3) is 0 Å². The highest BCUT2D eigenvalue weighted by Gasteiger charge is 2.10. The van der Waals surface area contributed by atoms with Crippen LogP contribution in [0.2, 0.25) is 0 Å². The number of nitrogens with one attached hydrogen (secondary N) is 2. The Kier molecular flexibility index (Phi) is 9.63. The van der Waals surface area contributed by atoms with Crippen molar-refractivity contribution in [3.63, 3.8) is 0 Å². The first-order valence-corrected chi connectivity index (χ1v) is 10.8. The van der Waals surface area contributed by atoms with Gasteiger partial charge in [0.1, 0.15) is 5.75 Å². The number of rotatable bonds is 10. The number of guanidine groups is 1. The van der Waals surface area contributed by atoms with Crippen molar-refractivity contribution >= 4 is 11.6 Å². The van der Waals surface area contributed by atoms with Gasteiger partial charge in [0, 0.05) is 65.1 Å². The summed E-state index contributed by atoms with van der Waals surface area (Å²) in [5, 5.41) is 6.69. The van der Waals surface area contributed by atoms with Gasteiger partial charge in [0.25, 0.3) is 0 Å². The molecule has 0 atom stereocenters. The zero-order chi connectivity index (χ0) is 21.7. The van der Waals surface area contributed by atoms with Crippen molar-refractivity contribution in [3.8, 4) is 5.75 Å². The Hall–Kier alpha value is -2.61. The largest absolute Gasteiger partial charge is 0.493 e. The standard InChI is InChI=1S/C24H34N4O3/c1-25-24(27-22-5-3-6-23(17-22)31-14-4-13-29-2)26-18-20-7-9-21(10-8-20)19-28-11-15-30-16-12-28/h3,5-10,17H,4,11-16,18-19H2,1-2H3,(H2,25,26,27). The Morgan fingerprint density at radius 3 is 2.58 bits per heavy atom. The van der Waals surface area contributed by atoms with E-state index < -0.39 is 0 Å². The summed E-state index contributed by atoms with van der Waals surface area (Å²) < 4.78 is 16.2. The van der Waals surface area contributed by atoms with Crippen LogP contribution in [-0.2, 0) is 22.6 Å². The Balaban J connectivity index is 1.45. The van der Waals surface area contributed by atoms with E-state index in [4.69, 9.17) is 14.2 Å². The van der Waals surface area contributed by atoms with Gasteiger partial charge in [0.05, 0.1) is 19.8 Å². The molecule has 2 aromatic rings. The van der Waals surface area contributed by atoms with Crippen LogP contribution in [0.15, 0.2) is 53.5 Å². The molecule has 1 aliphatic heterocycles. The monoisotopic (exact) mass is 426 g/mol. The molecule has 0 aromatic heterocycles. The first kappa shape index (κ1) is 23.1. The lowest BCUT2D eigenvalue weighted by atomic mass is 10.1. The second kappa shape index (κ2) is 12.9. The summed E-state index contributed by atoms with van der Waals surface area (Å²) >= 11 is 0. The minimum absolute atomic E-state index is 0.631. The maximum atomic E-state index is 5.77. The third-order valence-corrected chi connectivity index (χ3v) is 5.07. The topological polar surface area (TPSA) is 67.4 Å². The number of morpholine rings is 1. The van der Waals surface area contributed by atoms with Crippen LogP contribution in [0, 0.1) is 0 Å². The zero-order valence-electron chi connectivity index (χ0n) is 18.6. The lowest BCUT2D eigenvalue weighted by molar-refractivity contribution is 0.0342. The van der Waals surface area contributed by atoms with Gasteiger partial charge in [-0.05, 0) is 23.3 Å². The van der Waals surface area contributed by atoms with Crippen molar-refractivity contribution in [2.45, 2.75) is 19.5 Å². The number of nitrogens with zero attached hydrogens (tertiary/aromatic N) is 2. The number of ether oxygens (including phenoxy) is 3. The van der Waals surface area contributed by atoms with Crippen molar-refractivity contribution in [2.24, 2.45) is 4.99 Å². The number of benzene rings is 2. The van der Waals surface area contributed by atoms with E-state index >= 15 is 0 Å². The highest BCUT2D eigenvalue weighted by molar-refractivity contribution is 5.93. The van der Waals surface area contributed by atoms with Gasteiger partial charge >= 0.3 is 0 Å². The number of aliphatic imine (C=N–C) groups is 1. The number of methoxy groups -OCH3 is 1. The molecule has 1 fully saturated rings. The lowest BCUT2D eigenvalue weighted by Gasteiger charge is -2.26. The molecule has 2 N–H and O–H groups in total. The van der Waals surface area contributed by atoms with Gasteiger partial charge < -0.3 is 24.8 Å². The van der Waals surface area contributed by atoms with Gasteiger partial charge in [0.2, 0.25) is 0 Å². The van der Waals surface area contributed by atoms with Gasteiger partial charge in [0.15, 0.2) is 5.96 Å². The average Bonchev–Trinajstić information content (AvgIpc) is 2.81. The second-order valence-corrected chi connectivity index (χ2v) is 7.48. The predicted molar refractivity (Wildman–Crippen MR) is 125 cm³/mol. The summed E-state index contributed by atoms with van der Waals surface area (Å²) in [4.78, 5) is 6.76. The van der Waals surface area contributed by atoms with E-state index in [1.54, 1.807) is 14.2 Å². The van der Waals surface area contributed by atoms with Crippen molar-refractivity contribution in [3.05, 3.63) is 59.7 Å². The lowest BCUT2D eigenvalue weighted by Crippen LogP contribution is -2.35. The summed E-state index contributed by atoms with van der Waals surface area (Å²) in [5.74, 6) is 1.54. The van der Waals surface area contributed by atoms with Gasteiger partial charge in [-0.1, -0.05) is 30.3 Å². The second-order valence-electron chi connectivity index (χ2n) is 7.48.